The first-order chi connectivity index (χ1) is 14.1. The number of amides is 4. The Kier molecular flexibility index (Phi) is 6.40. The predicted octanol–water partition coefficient (Wildman–Crippen LogP) is 2.05. The summed E-state index contributed by atoms with van der Waals surface area (Å²) < 4.78 is 5.41. The van der Waals surface area contributed by atoms with Crippen LogP contribution < -0.4 is 5.32 Å². The number of carbonyl (C=O) groups is 3. The van der Waals surface area contributed by atoms with Crippen LogP contribution >= 0.6 is 0 Å². The second-order valence-electron chi connectivity index (χ2n) is 8.97. The number of fused-ring (bicyclic) bond motifs is 2. The highest BCUT2D eigenvalue weighted by atomic mass is 16.7. The number of hydrogen-bond acceptors (Lipinski definition) is 5. The first-order valence-corrected chi connectivity index (χ1v) is 10.4. The summed E-state index contributed by atoms with van der Waals surface area (Å²) in [6.45, 7) is 12.7. The van der Waals surface area contributed by atoms with Gasteiger partial charge in [-0.3, -0.25) is 9.63 Å². The molecule has 4 amide bonds. The molecule has 2 fully saturated rings. The Labute approximate surface area is 177 Å². The Bertz CT molecular complexity index is 736. The van der Waals surface area contributed by atoms with Crippen molar-refractivity contribution in [1.29, 1.82) is 0 Å². The van der Waals surface area contributed by atoms with Crippen LogP contribution in [-0.4, -0.2) is 82.9 Å². The van der Waals surface area contributed by atoms with Gasteiger partial charge in [-0.25, -0.2) is 9.59 Å². The maximum absolute atomic E-state index is 12.9. The van der Waals surface area contributed by atoms with Crippen molar-refractivity contribution < 1.29 is 24.0 Å². The summed E-state index contributed by atoms with van der Waals surface area (Å²) in [5.41, 5.74) is 0.401. The molecule has 3 heterocycles. The number of ether oxygens (including phenoxy) is 1. The Morgan fingerprint density at radius 3 is 2.57 bits per heavy atom. The van der Waals surface area contributed by atoms with E-state index in [0.29, 0.717) is 32.5 Å². The van der Waals surface area contributed by atoms with Crippen LogP contribution in [0.5, 0.6) is 0 Å². The average Bonchev–Trinajstić information content (AvgIpc) is 2.95. The average molecular weight is 421 g/mol. The minimum absolute atomic E-state index is 0.0477. The van der Waals surface area contributed by atoms with Crippen LogP contribution in [0.25, 0.3) is 0 Å². The molecule has 0 saturated carbocycles. The molecule has 9 nitrogen and oxygen atoms in total. The van der Waals surface area contributed by atoms with Gasteiger partial charge in [0.1, 0.15) is 11.6 Å². The van der Waals surface area contributed by atoms with Gasteiger partial charge < -0.3 is 19.9 Å². The molecule has 0 aromatic rings. The zero-order valence-electron chi connectivity index (χ0n) is 18.2. The number of hydroxylamine groups is 2. The van der Waals surface area contributed by atoms with Crippen molar-refractivity contribution in [3.05, 3.63) is 24.3 Å². The lowest BCUT2D eigenvalue weighted by Gasteiger charge is -2.35. The van der Waals surface area contributed by atoms with E-state index in [0.717, 1.165) is 5.57 Å². The Morgan fingerprint density at radius 1 is 1.30 bits per heavy atom. The molecule has 166 valence electrons. The molecular weight excluding hydrogens is 388 g/mol. The van der Waals surface area contributed by atoms with Gasteiger partial charge in [-0.1, -0.05) is 12.2 Å². The van der Waals surface area contributed by atoms with Crippen LogP contribution in [0.15, 0.2) is 24.3 Å². The number of piperidine rings is 1. The van der Waals surface area contributed by atoms with Crippen LogP contribution in [0.4, 0.5) is 9.59 Å². The van der Waals surface area contributed by atoms with Crippen LogP contribution in [-0.2, 0) is 14.4 Å². The number of urea groups is 1. The molecule has 0 aliphatic carbocycles. The summed E-state index contributed by atoms with van der Waals surface area (Å²) >= 11 is 0. The second kappa shape index (κ2) is 8.67. The van der Waals surface area contributed by atoms with Gasteiger partial charge in [-0.05, 0) is 46.1 Å². The maximum atomic E-state index is 12.9. The molecule has 9 heteroatoms. The molecule has 0 spiro atoms. The van der Waals surface area contributed by atoms with Gasteiger partial charge in [-0.15, -0.1) is 6.58 Å². The van der Waals surface area contributed by atoms with Crippen molar-refractivity contribution in [3.8, 4) is 0 Å². The smallest absolute Gasteiger partial charge is 0.410 e. The van der Waals surface area contributed by atoms with Crippen LogP contribution in [0.3, 0.4) is 0 Å². The molecule has 3 aliphatic rings. The van der Waals surface area contributed by atoms with Crippen molar-refractivity contribution in [2.24, 2.45) is 0 Å². The van der Waals surface area contributed by atoms with Crippen molar-refractivity contribution in [2.45, 2.75) is 64.3 Å². The molecule has 0 aromatic carbocycles. The number of hydrogen-bond donors (Lipinski definition) is 1. The summed E-state index contributed by atoms with van der Waals surface area (Å²) in [6.07, 6.45) is 4.37. The highest BCUT2D eigenvalue weighted by Gasteiger charge is 2.47. The highest BCUT2D eigenvalue weighted by Crippen LogP contribution is 2.30. The summed E-state index contributed by atoms with van der Waals surface area (Å²) in [6, 6.07) is -1.20. The number of carbonyl (C=O) groups excluding carboxylic acids is 3. The van der Waals surface area contributed by atoms with E-state index < -0.39 is 11.6 Å². The van der Waals surface area contributed by atoms with E-state index in [1.165, 1.54) is 9.96 Å². The molecule has 0 unspecified atom stereocenters. The molecule has 3 aliphatic heterocycles. The monoisotopic (exact) mass is 420 g/mol. The van der Waals surface area contributed by atoms with E-state index in [2.05, 4.69) is 11.9 Å². The third-order valence-electron chi connectivity index (χ3n) is 5.46. The number of nitrogens with one attached hydrogen (secondary N) is 1. The molecular formula is C21H32N4O5. The Hall–Kier alpha value is -2.55. The molecule has 30 heavy (non-hydrogen) atoms. The van der Waals surface area contributed by atoms with Gasteiger partial charge >= 0.3 is 12.1 Å². The first-order valence-electron chi connectivity index (χ1n) is 10.4. The Balaban J connectivity index is 1.55. The van der Waals surface area contributed by atoms with Crippen molar-refractivity contribution in [3.63, 3.8) is 0 Å². The lowest BCUT2D eigenvalue weighted by molar-refractivity contribution is -0.125. The summed E-state index contributed by atoms with van der Waals surface area (Å²) in [4.78, 5) is 46.5. The molecule has 2 bridgehead atoms. The van der Waals surface area contributed by atoms with E-state index in [1.54, 1.807) is 11.0 Å². The normalized spacial score (nSPS) is 24.6. The van der Waals surface area contributed by atoms with E-state index >= 15 is 0 Å². The van der Waals surface area contributed by atoms with Gasteiger partial charge in [0.05, 0.1) is 19.2 Å². The van der Waals surface area contributed by atoms with Crippen LogP contribution in [0.2, 0.25) is 0 Å². The molecule has 3 rings (SSSR count). The van der Waals surface area contributed by atoms with E-state index in [-0.39, 0.29) is 36.7 Å². The van der Waals surface area contributed by atoms with Crippen molar-refractivity contribution >= 4 is 18.0 Å². The van der Waals surface area contributed by atoms with E-state index in [1.807, 2.05) is 33.8 Å². The van der Waals surface area contributed by atoms with Gasteiger partial charge in [0.15, 0.2) is 0 Å². The third-order valence-corrected chi connectivity index (χ3v) is 5.46. The lowest BCUT2D eigenvalue weighted by atomic mass is 9.99. The number of rotatable bonds is 5. The molecule has 0 aromatic heterocycles. The SMILES string of the molecule is C=CCON1C(=O)N2C[C@H]1C(C)=C[C@H]2C(=O)NC1CCN(C(=O)OC(C)(C)C)CC1. The quantitative estimate of drug-likeness (QED) is 0.688. The lowest BCUT2D eigenvalue weighted by Crippen LogP contribution is -2.53. The van der Waals surface area contributed by atoms with Gasteiger partial charge in [0, 0.05) is 19.1 Å². The predicted molar refractivity (Wildman–Crippen MR) is 110 cm³/mol. The molecule has 2 atom stereocenters. The highest BCUT2D eigenvalue weighted by molar-refractivity contribution is 5.91. The van der Waals surface area contributed by atoms with E-state index in [4.69, 9.17) is 9.57 Å². The largest absolute Gasteiger partial charge is 0.444 e. The summed E-state index contributed by atoms with van der Waals surface area (Å²) in [7, 11) is 0. The van der Waals surface area contributed by atoms with Gasteiger partial charge in [0.25, 0.3) is 0 Å². The standard InChI is InChI=1S/C21H32N4O5/c1-6-11-29-25-17-13-24(19(25)27)16(12-14(17)2)18(26)22-15-7-9-23(10-8-15)20(28)30-21(3,4)5/h6,12,15-17H,1,7-11,13H2,2-5H3,(H,22,26)/t16-,17-/m0/s1. The minimum Gasteiger partial charge on any atom is -0.444 e. The Morgan fingerprint density at radius 2 is 1.97 bits per heavy atom. The summed E-state index contributed by atoms with van der Waals surface area (Å²) in [5, 5.41) is 4.38. The summed E-state index contributed by atoms with van der Waals surface area (Å²) in [5.74, 6) is -0.206. The number of likely N-dealkylation sites (tertiary alicyclic amines) is 1. The molecule has 1 N–H and O–H groups in total. The fourth-order valence-corrected chi connectivity index (χ4v) is 3.92. The zero-order valence-corrected chi connectivity index (χ0v) is 18.2. The minimum atomic E-state index is -0.657. The van der Waals surface area contributed by atoms with Gasteiger partial charge in [0.2, 0.25) is 5.91 Å². The molecule has 2 saturated heterocycles. The first kappa shape index (κ1) is 22.1. The van der Waals surface area contributed by atoms with Crippen molar-refractivity contribution in [1.82, 2.24) is 20.2 Å². The van der Waals surface area contributed by atoms with Crippen molar-refractivity contribution in [2.75, 3.05) is 26.2 Å². The van der Waals surface area contributed by atoms with Crippen LogP contribution in [0, 0.1) is 0 Å². The van der Waals surface area contributed by atoms with Gasteiger partial charge in [-0.2, -0.15) is 5.06 Å². The zero-order chi connectivity index (χ0) is 22.1. The van der Waals surface area contributed by atoms with E-state index in [9.17, 15) is 14.4 Å². The topological polar surface area (TPSA) is 91.4 Å². The maximum Gasteiger partial charge on any atom is 0.410 e. The van der Waals surface area contributed by atoms with Crippen LogP contribution in [0.1, 0.15) is 40.5 Å². The third kappa shape index (κ3) is 4.77. The second-order valence-corrected chi connectivity index (χ2v) is 8.97. The fourth-order valence-electron chi connectivity index (χ4n) is 3.92. The fraction of sp³-hybridized carbons (Fsp3) is 0.667. The number of nitrogens with zero attached hydrogens (tertiary/aromatic N) is 3. The molecule has 0 radical (unpaired) electrons.